The minimum Gasteiger partial charge on any atom is -0.349 e. The number of hydrogen-bond acceptors (Lipinski definition) is 4. The number of benzene rings is 2. The summed E-state index contributed by atoms with van der Waals surface area (Å²) >= 11 is 0. The third-order valence-corrected chi connectivity index (χ3v) is 8.89. The molecule has 39 heavy (non-hydrogen) atoms. The van der Waals surface area contributed by atoms with Crippen molar-refractivity contribution in [2.45, 2.75) is 78.7 Å². The Balaban J connectivity index is 1.09. The van der Waals surface area contributed by atoms with Crippen LogP contribution in [0.4, 0.5) is 0 Å². The molecule has 1 aromatic heterocycles. The molecule has 0 unspecified atom stereocenters. The molecule has 5 heteroatoms. The quantitative estimate of drug-likeness (QED) is 0.359. The topological polar surface area (TPSA) is 62.3 Å². The summed E-state index contributed by atoms with van der Waals surface area (Å²) in [4.78, 5) is 32.9. The van der Waals surface area contributed by atoms with Gasteiger partial charge in [-0.05, 0) is 106 Å². The van der Waals surface area contributed by atoms with E-state index in [4.69, 9.17) is 0 Å². The number of hydrogen-bond donors (Lipinski definition) is 1. The van der Waals surface area contributed by atoms with Crippen molar-refractivity contribution in [2.75, 3.05) is 19.6 Å². The maximum Gasteiger partial charge on any atom is 0.252 e. The number of carbonyl (C=O) groups excluding carboxylic acids is 2. The molecule has 0 bridgehead atoms. The number of ketones is 1. The Bertz CT molecular complexity index is 1350. The Morgan fingerprint density at radius 3 is 2.44 bits per heavy atom. The van der Waals surface area contributed by atoms with E-state index in [9.17, 15) is 9.59 Å². The van der Waals surface area contributed by atoms with Crippen LogP contribution < -0.4 is 5.32 Å². The molecule has 0 atom stereocenters. The highest BCUT2D eigenvalue weighted by molar-refractivity contribution is 6.07. The Hall–Kier alpha value is -3.05. The Labute approximate surface area is 233 Å². The summed E-state index contributed by atoms with van der Waals surface area (Å²) in [5.74, 6) is 1.03. The molecule has 1 fully saturated rings. The molecule has 0 saturated heterocycles. The molecule has 1 amide bonds. The summed E-state index contributed by atoms with van der Waals surface area (Å²) in [6.45, 7) is 11.3. The van der Waals surface area contributed by atoms with Crippen molar-refractivity contribution in [3.05, 3.63) is 76.0 Å². The molecule has 206 valence electrons. The van der Waals surface area contributed by atoms with Gasteiger partial charge in [0, 0.05) is 47.3 Å². The van der Waals surface area contributed by atoms with Crippen LogP contribution in [0.25, 0.3) is 10.9 Å². The Morgan fingerprint density at radius 2 is 1.69 bits per heavy atom. The minimum atomic E-state index is 0.0245. The molecular formula is C34H43N3O2. The van der Waals surface area contributed by atoms with Crippen LogP contribution in [0.5, 0.6) is 0 Å². The predicted molar refractivity (Wildman–Crippen MR) is 159 cm³/mol. The molecule has 2 aliphatic rings. The predicted octanol–water partition coefficient (Wildman–Crippen LogP) is 6.47. The maximum absolute atomic E-state index is 13.2. The van der Waals surface area contributed by atoms with Crippen molar-refractivity contribution < 1.29 is 9.59 Å². The fourth-order valence-corrected chi connectivity index (χ4v) is 6.36. The molecular weight excluding hydrogens is 482 g/mol. The van der Waals surface area contributed by atoms with Gasteiger partial charge in [-0.2, -0.15) is 0 Å². The molecule has 2 heterocycles. The van der Waals surface area contributed by atoms with E-state index in [1.165, 1.54) is 30.4 Å². The maximum atomic E-state index is 13.2. The second-order valence-corrected chi connectivity index (χ2v) is 12.1. The normalized spacial score (nSPS) is 20.0. The van der Waals surface area contributed by atoms with Crippen molar-refractivity contribution in [1.82, 2.24) is 15.2 Å². The van der Waals surface area contributed by atoms with Crippen LogP contribution in [0, 0.1) is 25.7 Å². The third kappa shape index (κ3) is 6.41. The van der Waals surface area contributed by atoms with Crippen LogP contribution in [0.15, 0.2) is 42.5 Å². The Kier molecular flexibility index (Phi) is 8.46. The van der Waals surface area contributed by atoms with E-state index in [0.717, 1.165) is 84.5 Å². The molecule has 0 radical (unpaired) electrons. The van der Waals surface area contributed by atoms with E-state index < -0.39 is 0 Å². The van der Waals surface area contributed by atoms with Gasteiger partial charge in [-0.1, -0.05) is 38.1 Å². The lowest BCUT2D eigenvalue weighted by Gasteiger charge is -2.31. The highest BCUT2D eigenvalue weighted by Crippen LogP contribution is 2.29. The summed E-state index contributed by atoms with van der Waals surface area (Å²) in [5, 5.41) is 4.26. The van der Waals surface area contributed by atoms with Crippen LogP contribution in [-0.2, 0) is 12.8 Å². The van der Waals surface area contributed by atoms with Crippen LogP contribution >= 0.6 is 0 Å². The first kappa shape index (κ1) is 27.5. The number of pyridine rings is 1. The van der Waals surface area contributed by atoms with E-state index >= 15 is 0 Å². The first-order chi connectivity index (χ1) is 18.8. The van der Waals surface area contributed by atoms with Crippen molar-refractivity contribution in [3.8, 4) is 0 Å². The van der Waals surface area contributed by atoms with E-state index in [1.807, 2.05) is 58.0 Å². The van der Waals surface area contributed by atoms with E-state index in [0.29, 0.717) is 0 Å². The van der Waals surface area contributed by atoms with Gasteiger partial charge in [-0.3, -0.25) is 14.6 Å². The molecule has 1 saturated carbocycles. The van der Waals surface area contributed by atoms with E-state index in [2.05, 4.69) is 27.3 Å². The average molecular weight is 526 g/mol. The molecule has 2 aromatic carbocycles. The van der Waals surface area contributed by atoms with Gasteiger partial charge in [-0.25, -0.2) is 0 Å². The molecule has 1 aliphatic heterocycles. The number of rotatable bonds is 7. The van der Waals surface area contributed by atoms with Gasteiger partial charge in [0.25, 0.3) is 5.91 Å². The van der Waals surface area contributed by atoms with Crippen LogP contribution in [0.1, 0.15) is 89.1 Å². The fourth-order valence-electron chi connectivity index (χ4n) is 6.36. The minimum absolute atomic E-state index is 0.0245. The van der Waals surface area contributed by atoms with Gasteiger partial charge in [0.1, 0.15) is 0 Å². The van der Waals surface area contributed by atoms with Gasteiger partial charge in [0.05, 0.1) is 5.52 Å². The zero-order valence-electron chi connectivity index (χ0n) is 24.1. The van der Waals surface area contributed by atoms with Gasteiger partial charge >= 0.3 is 0 Å². The highest BCUT2D eigenvalue weighted by Gasteiger charge is 2.25. The lowest BCUT2D eigenvalue weighted by Crippen LogP contribution is -2.38. The smallest absolute Gasteiger partial charge is 0.252 e. The van der Waals surface area contributed by atoms with Gasteiger partial charge < -0.3 is 10.2 Å². The van der Waals surface area contributed by atoms with Crippen molar-refractivity contribution in [1.29, 1.82) is 0 Å². The van der Waals surface area contributed by atoms with Crippen LogP contribution in [0.2, 0.25) is 0 Å². The lowest BCUT2D eigenvalue weighted by atomic mass is 9.84. The van der Waals surface area contributed by atoms with Gasteiger partial charge in [0.15, 0.2) is 5.78 Å². The van der Waals surface area contributed by atoms with Crippen molar-refractivity contribution >= 4 is 22.6 Å². The number of fused-ring (bicyclic) bond motifs is 2. The number of nitrogens with one attached hydrogen (secondary N) is 1. The Morgan fingerprint density at radius 1 is 0.949 bits per heavy atom. The van der Waals surface area contributed by atoms with Gasteiger partial charge in [-0.15, -0.1) is 0 Å². The monoisotopic (exact) mass is 525 g/mol. The van der Waals surface area contributed by atoms with Crippen LogP contribution in [-0.4, -0.2) is 47.3 Å². The third-order valence-electron chi connectivity index (χ3n) is 8.89. The van der Waals surface area contributed by atoms with E-state index in [-0.39, 0.29) is 23.7 Å². The number of carbonyl (C=O) groups is 2. The summed E-state index contributed by atoms with van der Waals surface area (Å²) < 4.78 is 0. The number of aromatic nitrogens is 1. The second kappa shape index (κ2) is 12.0. The largest absolute Gasteiger partial charge is 0.349 e. The molecule has 3 aromatic rings. The molecule has 0 spiro atoms. The number of Topliss-reactive ketones (excluding diaryl/α,β-unsaturated/α-hetero) is 1. The van der Waals surface area contributed by atoms with Crippen molar-refractivity contribution in [2.24, 2.45) is 11.8 Å². The summed E-state index contributed by atoms with van der Waals surface area (Å²) in [6, 6.07) is 14.6. The first-order valence-electron chi connectivity index (χ1n) is 14.8. The van der Waals surface area contributed by atoms with Gasteiger partial charge in [0.2, 0.25) is 0 Å². The second-order valence-electron chi connectivity index (χ2n) is 12.1. The molecule has 1 aliphatic carbocycles. The zero-order valence-corrected chi connectivity index (χ0v) is 24.1. The van der Waals surface area contributed by atoms with Crippen molar-refractivity contribution in [3.63, 3.8) is 0 Å². The SMILES string of the molecule is Cc1ccc2c(C(=O)N[C@H]3CC[C@H](CCN4CCc5ccc(C(=O)C(C)C)cc5CC4)CC3)ccc(C)c2n1. The lowest BCUT2D eigenvalue weighted by molar-refractivity contribution is 0.0918. The number of amides is 1. The van der Waals surface area contributed by atoms with Crippen LogP contribution in [0.3, 0.4) is 0 Å². The summed E-state index contributed by atoms with van der Waals surface area (Å²) in [5.41, 5.74) is 7.35. The van der Waals surface area contributed by atoms with E-state index in [1.54, 1.807) is 0 Å². The zero-order chi connectivity index (χ0) is 27.5. The fraction of sp³-hybridized carbons (Fsp3) is 0.500. The highest BCUT2D eigenvalue weighted by atomic mass is 16.1. The summed E-state index contributed by atoms with van der Waals surface area (Å²) in [7, 11) is 0. The molecule has 5 nitrogen and oxygen atoms in total. The average Bonchev–Trinajstić information content (AvgIpc) is 3.14. The molecule has 5 rings (SSSR count). The standard InChI is InChI=1S/C34H43N3O2/c1-22(2)33(38)28-10-9-26-16-19-37(20-17-27(26)21-28)18-15-25-7-11-29(12-8-25)36-34(39)31-13-5-23(3)32-30(31)14-6-24(4)35-32/h5-6,9-10,13-14,21-22,25,29H,7-8,11-12,15-20H2,1-4H3,(H,36,39)/t25-,29-. The number of aryl methyl sites for hydroxylation is 2. The number of nitrogens with zero attached hydrogens (tertiary/aromatic N) is 2. The molecule has 1 N–H and O–H groups in total. The first-order valence-corrected chi connectivity index (χ1v) is 14.8. The summed E-state index contributed by atoms with van der Waals surface area (Å²) in [6.07, 6.45) is 7.76.